The number of benzene rings is 1. The minimum absolute atomic E-state index is 0.00162. The predicted octanol–water partition coefficient (Wildman–Crippen LogP) is 1.52. The van der Waals surface area contributed by atoms with Crippen molar-refractivity contribution in [1.29, 1.82) is 5.26 Å². The van der Waals surface area contributed by atoms with E-state index < -0.39 is 0 Å². The topological polar surface area (TPSA) is 56.1 Å². The molecular formula is C14H17N3O. The maximum absolute atomic E-state index is 12.4. The second kappa shape index (κ2) is 5.19. The van der Waals surface area contributed by atoms with Gasteiger partial charge in [0.2, 0.25) is 5.91 Å². The van der Waals surface area contributed by atoms with Gasteiger partial charge in [-0.3, -0.25) is 4.79 Å². The second-order valence-electron chi connectivity index (χ2n) is 4.66. The zero-order chi connectivity index (χ0) is 13.1. The summed E-state index contributed by atoms with van der Waals surface area (Å²) in [6, 6.07) is 9.52. The molecule has 18 heavy (non-hydrogen) atoms. The fourth-order valence-electron chi connectivity index (χ4n) is 2.42. The Morgan fingerprint density at radius 2 is 2.22 bits per heavy atom. The molecule has 1 fully saturated rings. The molecule has 2 rings (SSSR count). The Morgan fingerprint density at radius 3 is 2.83 bits per heavy atom. The van der Waals surface area contributed by atoms with Gasteiger partial charge in [0, 0.05) is 13.1 Å². The first kappa shape index (κ1) is 12.6. The molecule has 0 spiro atoms. The molecular weight excluding hydrogens is 226 g/mol. The number of hydrogen-bond donors (Lipinski definition) is 1. The average Bonchev–Trinajstić information content (AvgIpc) is 2.83. The Hall–Kier alpha value is -1.86. The summed E-state index contributed by atoms with van der Waals surface area (Å²) in [6.45, 7) is 2.91. The van der Waals surface area contributed by atoms with Crippen LogP contribution in [0.5, 0.6) is 0 Å². The summed E-state index contributed by atoms with van der Waals surface area (Å²) >= 11 is 0. The molecule has 0 radical (unpaired) electrons. The summed E-state index contributed by atoms with van der Waals surface area (Å²) in [7, 11) is 1.74. The molecule has 1 aliphatic rings. The van der Waals surface area contributed by atoms with Crippen molar-refractivity contribution in [3.63, 3.8) is 0 Å². The fraction of sp³-hybridized carbons (Fsp3) is 0.429. The minimum atomic E-state index is 0.00162. The predicted molar refractivity (Wildman–Crippen MR) is 70.1 cm³/mol. The Kier molecular flexibility index (Phi) is 3.63. The number of nitrogens with one attached hydrogen (secondary N) is 1. The fourth-order valence-corrected chi connectivity index (χ4v) is 2.42. The van der Waals surface area contributed by atoms with Gasteiger partial charge in [0.05, 0.1) is 17.2 Å². The zero-order valence-corrected chi connectivity index (χ0v) is 10.7. The molecule has 1 saturated heterocycles. The van der Waals surface area contributed by atoms with E-state index >= 15 is 0 Å². The number of anilines is 1. The quantitative estimate of drug-likeness (QED) is 0.856. The van der Waals surface area contributed by atoms with E-state index in [2.05, 4.69) is 11.4 Å². The van der Waals surface area contributed by atoms with Gasteiger partial charge in [-0.05, 0) is 32.0 Å². The van der Waals surface area contributed by atoms with Crippen molar-refractivity contribution in [2.24, 2.45) is 5.92 Å². The van der Waals surface area contributed by atoms with E-state index in [9.17, 15) is 4.79 Å². The largest absolute Gasteiger partial charge is 0.314 e. The number of para-hydroxylation sites is 1. The lowest BCUT2D eigenvalue weighted by Gasteiger charge is -2.24. The third-order valence-electron chi connectivity index (χ3n) is 3.56. The molecule has 0 aliphatic carbocycles. The van der Waals surface area contributed by atoms with E-state index in [0.717, 1.165) is 13.0 Å². The molecule has 1 amide bonds. The summed E-state index contributed by atoms with van der Waals surface area (Å²) in [5, 5.41) is 12.3. The second-order valence-corrected chi connectivity index (χ2v) is 4.66. The van der Waals surface area contributed by atoms with E-state index in [0.29, 0.717) is 11.3 Å². The van der Waals surface area contributed by atoms with Crippen LogP contribution in [0.1, 0.15) is 18.9 Å². The van der Waals surface area contributed by atoms with E-state index in [1.807, 2.05) is 19.1 Å². The van der Waals surface area contributed by atoms with Gasteiger partial charge in [-0.15, -0.1) is 0 Å². The van der Waals surface area contributed by atoms with Gasteiger partial charge in [-0.2, -0.15) is 5.26 Å². The normalized spacial score (nSPS) is 22.5. The highest BCUT2D eigenvalue weighted by Crippen LogP contribution is 2.24. The lowest BCUT2D eigenvalue weighted by Crippen LogP contribution is -2.38. The highest BCUT2D eigenvalue weighted by atomic mass is 16.2. The van der Waals surface area contributed by atoms with Crippen LogP contribution in [0.2, 0.25) is 0 Å². The highest BCUT2D eigenvalue weighted by Gasteiger charge is 2.32. The number of hydrogen-bond acceptors (Lipinski definition) is 3. The van der Waals surface area contributed by atoms with Crippen molar-refractivity contribution in [2.45, 2.75) is 19.4 Å². The van der Waals surface area contributed by atoms with Crippen molar-refractivity contribution in [3.8, 4) is 6.07 Å². The van der Waals surface area contributed by atoms with Crippen LogP contribution in [0, 0.1) is 17.2 Å². The molecule has 1 aromatic rings. The Bertz CT molecular complexity index is 492. The summed E-state index contributed by atoms with van der Waals surface area (Å²) in [5.74, 6) is 0.0805. The molecule has 2 unspecified atom stereocenters. The summed E-state index contributed by atoms with van der Waals surface area (Å²) in [5.41, 5.74) is 1.22. The van der Waals surface area contributed by atoms with E-state index in [-0.39, 0.29) is 17.9 Å². The summed E-state index contributed by atoms with van der Waals surface area (Å²) in [4.78, 5) is 14.0. The van der Waals surface area contributed by atoms with Crippen LogP contribution < -0.4 is 10.2 Å². The van der Waals surface area contributed by atoms with Crippen LogP contribution in [0.25, 0.3) is 0 Å². The number of amides is 1. The number of carbonyl (C=O) groups excluding carboxylic acids is 1. The summed E-state index contributed by atoms with van der Waals surface area (Å²) < 4.78 is 0. The maximum Gasteiger partial charge on any atom is 0.231 e. The molecule has 4 nitrogen and oxygen atoms in total. The van der Waals surface area contributed by atoms with Crippen molar-refractivity contribution in [3.05, 3.63) is 29.8 Å². The van der Waals surface area contributed by atoms with Gasteiger partial charge in [0.1, 0.15) is 6.07 Å². The first-order valence-corrected chi connectivity index (χ1v) is 6.15. The molecule has 1 aromatic carbocycles. The molecule has 4 heteroatoms. The molecule has 1 N–H and O–H groups in total. The lowest BCUT2D eigenvalue weighted by atomic mass is 10.00. The van der Waals surface area contributed by atoms with E-state index in [1.165, 1.54) is 0 Å². The van der Waals surface area contributed by atoms with Gasteiger partial charge in [-0.25, -0.2) is 0 Å². The highest BCUT2D eigenvalue weighted by molar-refractivity contribution is 5.96. The molecule has 2 atom stereocenters. The van der Waals surface area contributed by atoms with Crippen molar-refractivity contribution in [1.82, 2.24) is 5.32 Å². The smallest absolute Gasteiger partial charge is 0.231 e. The lowest BCUT2D eigenvalue weighted by molar-refractivity contribution is -0.122. The van der Waals surface area contributed by atoms with Gasteiger partial charge < -0.3 is 10.2 Å². The van der Waals surface area contributed by atoms with Crippen LogP contribution in [-0.4, -0.2) is 25.5 Å². The van der Waals surface area contributed by atoms with Crippen molar-refractivity contribution in [2.75, 3.05) is 18.5 Å². The minimum Gasteiger partial charge on any atom is -0.314 e. The standard InChI is InChI=1S/C14H17N3O/c1-10-12(7-8-16-10)14(18)17(2)13-6-4-3-5-11(13)9-15/h3-6,10,12,16H,7-8H2,1-2H3. The Labute approximate surface area is 107 Å². The van der Waals surface area contributed by atoms with E-state index in [4.69, 9.17) is 5.26 Å². The van der Waals surface area contributed by atoms with Gasteiger partial charge in [0.15, 0.2) is 0 Å². The van der Waals surface area contributed by atoms with Gasteiger partial charge in [-0.1, -0.05) is 12.1 Å². The third-order valence-corrected chi connectivity index (χ3v) is 3.56. The first-order chi connectivity index (χ1) is 8.65. The van der Waals surface area contributed by atoms with Crippen molar-refractivity contribution < 1.29 is 4.79 Å². The van der Waals surface area contributed by atoms with Crippen molar-refractivity contribution >= 4 is 11.6 Å². The van der Waals surface area contributed by atoms with Crippen LogP contribution in [-0.2, 0) is 4.79 Å². The van der Waals surface area contributed by atoms with Gasteiger partial charge >= 0.3 is 0 Å². The van der Waals surface area contributed by atoms with Gasteiger partial charge in [0.25, 0.3) is 0 Å². The average molecular weight is 243 g/mol. The maximum atomic E-state index is 12.4. The SMILES string of the molecule is CC1NCCC1C(=O)N(C)c1ccccc1C#N. The van der Waals surface area contributed by atoms with Crippen LogP contribution in [0.15, 0.2) is 24.3 Å². The number of nitriles is 1. The molecule has 0 bridgehead atoms. The number of nitrogens with zero attached hydrogens (tertiary/aromatic N) is 2. The first-order valence-electron chi connectivity index (χ1n) is 6.15. The monoisotopic (exact) mass is 243 g/mol. The van der Waals surface area contributed by atoms with E-state index in [1.54, 1.807) is 24.1 Å². The van der Waals surface area contributed by atoms with Crippen LogP contribution in [0.3, 0.4) is 0 Å². The third kappa shape index (κ3) is 2.22. The number of rotatable bonds is 2. The Balaban J connectivity index is 2.23. The zero-order valence-electron chi connectivity index (χ0n) is 10.7. The molecule has 0 saturated carbocycles. The molecule has 94 valence electrons. The molecule has 1 heterocycles. The molecule has 1 aliphatic heterocycles. The molecule has 0 aromatic heterocycles. The number of carbonyl (C=O) groups is 1. The summed E-state index contributed by atoms with van der Waals surface area (Å²) in [6.07, 6.45) is 0.860. The van der Waals surface area contributed by atoms with Crippen LogP contribution >= 0.6 is 0 Å². The Morgan fingerprint density at radius 1 is 1.50 bits per heavy atom. The van der Waals surface area contributed by atoms with Crippen LogP contribution in [0.4, 0.5) is 5.69 Å².